The molecule has 1 aliphatic heterocycles. The lowest BCUT2D eigenvalue weighted by Crippen LogP contribution is -2.46. The summed E-state index contributed by atoms with van der Waals surface area (Å²) in [5.74, 6) is -0.499. The van der Waals surface area contributed by atoms with Gasteiger partial charge in [0.25, 0.3) is 5.91 Å². The van der Waals surface area contributed by atoms with Gasteiger partial charge in [0.1, 0.15) is 5.65 Å². The average Bonchev–Trinajstić information content (AvgIpc) is 3.31. The molecular weight excluding hydrogens is 446 g/mol. The highest BCUT2D eigenvalue weighted by atomic mass is 32.2. The summed E-state index contributed by atoms with van der Waals surface area (Å²) in [5, 5.41) is 2.82. The lowest BCUT2D eigenvalue weighted by atomic mass is 10.2. The van der Waals surface area contributed by atoms with Gasteiger partial charge in [0.2, 0.25) is 15.9 Å². The summed E-state index contributed by atoms with van der Waals surface area (Å²) in [4.78, 5) is 30.7. The van der Waals surface area contributed by atoms with Crippen LogP contribution in [0.15, 0.2) is 59.9 Å². The van der Waals surface area contributed by atoms with E-state index < -0.39 is 10.0 Å². The number of imidazole rings is 1. The Hall–Kier alpha value is -3.28. The first kappa shape index (κ1) is 22.9. The van der Waals surface area contributed by atoms with Crippen molar-refractivity contribution in [1.29, 1.82) is 0 Å². The van der Waals surface area contributed by atoms with E-state index in [4.69, 9.17) is 4.74 Å². The molecule has 1 saturated heterocycles. The molecule has 3 aromatic rings. The average molecular weight is 472 g/mol. The third kappa shape index (κ3) is 5.21. The number of morpholine rings is 1. The topological polar surface area (TPSA) is 113 Å². The van der Waals surface area contributed by atoms with Crippen molar-refractivity contribution < 1.29 is 22.7 Å². The van der Waals surface area contributed by atoms with E-state index in [1.54, 1.807) is 52.2 Å². The number of carbonyl (C=O) groups excluding carboxylic acids is 2. The zero-order valence-electron chi connectivity index (χ0n) is 18.2. The van der Waals surface area contributed by atoms with Crippen LogP contribution >= 0.6 is 0 Å². The molecule has 1 fully saturated rings. The monoisotopic (exact) mass is 471 g/mol. The van der Waals surface area contributed by atoms with Crippen LogP contribution in [0.5, 0.6) is 0 Å². The summed E-state index contributed by atoms with van der Waals surface area (Å²) >= 11 is 0. The van der Waals surface area contributed by atoms with E-state index in [9.17, 15) is 18.0 Å². The molecule has 3 heterocycles. The maximum absolute atomic E-state index is 12.9. The number of hydrogen-bond donors (Lipinski definition) is 1. The summed E-state index contributed by atoms with van der Waals surface area (Å²) in [6, 6.07) is 9.69. The number of ether oxygens (including phenoxy) is 1. The van der Waals surface area contributed by atoms with Crippen LogP contribution in [-0.4, -0.2) is 78.7 Å². The van der Waals surface area contributed by atoms with Crippen molar-refractivity contribution >= 4 is 27.5 Å². The summed E-state index contributed by atoms with van der Waals surface area (Å²) in [6.07, 6.45) is 5.11. The Balaban J connectivity index is 1.35. The third-order valence-electron chi connectivity index (χ3n) is 5.46. The number of benzene rings is 1. The summed E-state index contributed by atoms with van der Waals surface area (Å²) in [7, 11) is -2.43. The fraction of sp³-hybridized carbons (Fsp3) is 0.318. The predicted molar refractivity (Wildman–Crippen MR) is 120 cm³/mol. The zero-order valence-corrected chi connectivity index (χ0v) is 19.0. The molecule has 0 unspecified atom stereocenters. The Kier molecular flexibility index (Phi) is 6.72. The quantitative estimate of drug-likeness (QED) is 0.544. The minimum atomic E-state index is -3.82. The van der Waals surface area contributed by atoms with Gasteiger partial charge in [-0.2, -0.15) is 4.31 Å². The number of rotatable bonds is 7. The van der Waals surface area contributed by atoms with Crippen LogP contribution in [0.1, 0.15) is 15.9 Å². The van der Waals surface area contributed by atoms with Crippen LogP contribution in [0, 0.1) is 0 Å². The Morgan fingerprint density at radius 3 is 2.58 bits per heavy atom. The number of nitrogens with zero attached hydrogens (tertiary/aromatic N) is 4. The van der Waals surface area contributed by atoms with E-state index in [1.165, 1.54) is 19.2 Å². The van der Waals surface area contributed by atoms with Gasteiger partial charge in [-0.25, -0.2) is 13.4 Å². The molecule has 0 saturated carbocycles. The molecule has 10 nitrogen and oxygen atoms in total. The van der Waals surface area contributed by atoms with Gasteiger partial charge in [0, 0.05) is 45.3 Å². The number of nitrogens with one attached hydrogen (secondary N) is 1. The minimum absolute atomic E-state index is 0.0837. The lowest BCUT2D eigenvalue weighted by Gasteiger charge is -2.28. The first-order valence-electron chi connectivity index (χ1n) is 10.5. The summed E-state index contributed by atoms with van der Waals surface area (Å²) in [6.45, 7) is 1.84. The van der Waals surface area contributed by atoms with Gasteiger partial charge < -0.3 is 19.4 Å². The van der Waals surface area contributed by atoms with Gasteiger partial charge in [-0.05, 0) is 29.8 Å². The molecule has 0 bridgehead atoms. The van der Waals surface area contributed by atoms with Crippen LogP contribution in [-0.2, 0) is 26.1 Å². The van der Waals surface area contributed by atoms with Gasteiger partial charge in [-0.15, -0.1) is 0 Å². The van der Waals surface area contributed by atoms with Crippen molar-refractivity contribution in [2.45, 2.75) is 11.4 Å². The molecule has 2 aromatic heterocycles. The molecule has 1 N–H and O–H groups in total. The summed E-state index contributed by atoms with van der Waals surface area (Å²) in [5.41, 5.74) is 1.99. The van der Waals surface area contributed by atoms with E-state index in [0.29, 0.717) is 31.9 Å². The van der Waals surface area contributed by atoms with Gasteiger partial charge in [0.05, 0.1) is 30.2 Å². The Labute approximate surface area is 191 Å². The second kappa shape index (κ2) is 9.69. The molecule has 0 radical (unpaired) electrons. The van der Waals surface area contributed by atoms with E-state index in [-0.39, 0.29) is 29.8 Å². The van der Waals surface area contributed by atoms with Crippen molar-refractivity contribution in [2.24, 2.45) is 0 Å². The molecule has 1 aliphatic rings. The van der Waals surface area contributed by atoms with Crippen molar-refractivity contribution in [2.75, 3.05) is 39.9 Å². The Morgan fingerprint density at radius 2 is 1.85 bits per heavy atom. The maximum atomic E-state index is 12.9. The largest absolute Gasteiger partial charge is 0.378 e. The number of sulfonamides is 1. The smallest absolute Gasteiger partial charge is 0.253 e. The molecule has 2 amide bonds. The van der Waals surface area contributed by atoms with Gasteiger partial charge in [-0.1, -0.05) is 12.1 Å². The molecular formula is C22H25N5O5S. The van der Waals surface area contributed by atoms with Crippen molar-refractivity contribution in [3.05, 3.63) is 66.1 Å². The highest BCUT2D eigenvalue weighted by Gasteiger charge is 2.26. The van der Waals surface area contributed by atoms with Gasteiger partial charge in [-0.3, -0.25) is 9.59 Å². The fourth-order valence-corrected chi connectivity index (χ4v) is 4.61. The van der Waals surface area contributed by atoms with Crippen LogP contribution in [0.25, 0.3) is 5.65 Å². The molecule has 0 spiro atoms. The van der Waals surface area contributed by atoms with Crippen molar-refractivity contribution in [3.8, 4) is 0 Å². The molecule has 4 rings (SSSR count). The minimum Gasteiger partial charge on any atom is -0.378 e. The number of pyridine rings is 1. The third-order valence-corrected chi connectivity index (χ3v) is 7.27. The highest BCUT2D eigenvalue weighted by Crippen LogP contribution is 2.16. The van der Waals surface area contributed by atoms with Crippen molar-refractivity contribution in [1.82, 2.24) is 23.9 Å². The number of carbonyl (C=O) groups is 2. The predicted octanol–water partition coefficient (Wildman–Crippen LogP) is 0.744. The molecule has 0 atom stereocenters. The van der Waals surface area contributed by atoms with Crippen LogP contribution in [0.3, 0.4) is 0 Å². The second-order valence-corrected chi connectivity index (χ2v) is 9.74. The van der Waals surface area contributed by atoms with Crippen LogP contribution in [0.4, 0.5) is 0 Å². The maximum Gasteiger partial charge on any atom is 0.253 e. The normalized spacial score (nSPS) is 14.5. The first-order chi connectivity index (χ1) is 15.8. The van der Waals surface area contributed by atoms with E-state index >= 15 is 0 Å². The van der Waals surface area contributed by atoms with Crippen LogP contribution < -0.4 is 5.32 Å². The van der Waals surface area contributed by atoms with E-state index in [1.807, 2.05) is 0 Å². The highest BCUT2D eigenvalue weighted by molar-refractivity contribution is 7.89. The number of amides is 2. The fourth-order valence-electron chi connectivity index (χ4n) is 3.49. The molecule has 33 heavy (non-hydrogen) atoms. The Bertz CT molecular complexity index is 1250. The summed E-state index contributed by atoms with van der Waals surface area (Å²) < 4.78 is 33.7. The first-order valence-corrected chi connectivity index (χ1v) is 11.9. The number of hydrogen-bond acceptors (Lipinski definition) is 6. The molecule has 11 heteroatoms. The van der Waals surface area contributed by atoms with E-state index in [0.717, 1.165) is 15.5 Å². The van der Waals surface area contributed by atoms with Gasteiger partial charge >= 0.3 is 0 Å². The SMILES string of the molecule is CN(CC(=O)N1CCOCC1)S(=O)(=O)c1ccc(CNC(=O)c2ccc3nccn3c2)cc1. The standard InChI is InChI=1S/C22H25N5O5S/c1-25(16-21(28)26-10-12-32-13-11-26)33(30,31)19-5-2-17(3-6-19)14-24-22(29)18-4-7-20-23-8-9-27(20)15-18/h2-9,15H,10-14,16H2,1H3,(H,24,29). The zero-order chi connectivity index (χ0) is 23.4. The van der Waals surface area contributed by atoms with Crippen LogP contribution in [0.2, 0.25) is 0 Å². The second-order valence-electron chi connectivity index (χ2n) is 7.69. The number of aromatic nitrogens is 2. The number of likely N-dealkylation sites (N-methyl/N-ethyl adjacent to an activating group) is 1. The Morgan fingerprint density at radius 1 is 1.12 bits per heavy atom. The molecule has 174 valence electrons. The number of fused-ring (bicyclic) bond motifs is 1. The van der Waals surface area contributed by atoms with E-state index in [2.05, 4.69) is 10.3 Å². The molecule has 1 aromatic carbocycles. The molecule has 0 aliphatic carbocycles. The van der Waals surface area contributed by atoms with Gasteiger partial charge in [0.15, 0.2) is 0 Å². The lowest BCUT2D eigenvalue weighted by molar-refractivity contribution is -0.135. The van der Waals surface area contributed by atoms with Crippen molar-refractivity contribution in [3.63, 3.8) is 0 Å².